The topological polar surface area (TPSA) is 76.7 Å². The molecule has 1 fully saturated rings. The molecular weight excluding hydrogens is 364 g/mol. The van der Waals surface area contributed by atoms with E-state index in [2.05, 4.69) is 16.8 Å². The fourth-order valence-electron chi connectivity index (χ4n) is 3.51. The molecule has 1 aliphatic heterocycles. The van der Waals surface area contributed by atoms with Gasteiger partial charge in [-0.25, -0.2) is 8.42 Å². The van der Waals surface area contributed by atoms with Crippen molar-refractivity contribution in [2.75, 3.05) is 52.1 Å². The maximum absolute atomic E-state index is 12.6. The van der Waals surface area contributed by atoms with Crippen LogP contribution in [0.25, 0.3) is 10.9 Å². The normalized spacial score (nSPS) is 16.3. The number of para-hydroxylation sites is 1. The van der Waals surface area contributed by atoms with Gasteiger partial charge < -0.3 is 14.8 Å². The fraction of sp³-hybridized carbons (Fsp3) is 0.526. The maximum Gasteiger partial charge on any atom is 0.237 e. The van der Waals surface area contributed by atoms with Crippen LogP contribution in [0.1, 0.15) is 12.5 Å². The van der Waals surface area contributed by atoms with Crippen LogP contribution in [-0.2, 0) is 21.2 Å². The van der Waals surface area contributed by atoms with Crippen LogP contribution >= 0.6 is 0 Å². The van der Waals surface area contributed by atoms with Crippen molar-refractivity contribution in [3.8, 4) is 0 Å². The second-order valence-corrected chi connectivity index (χ2v) is 9.00. The van der Waals surface area contributed by atoms with Crippen LogP contribution in [0.5, 0.6) is 0 Å². The van der Waals surface area contributed by atoms with E-state index < -0.39 is 10.0 Å². The predicted molar refractivity (Wildman–Crippen MR) is 107 cm³/mol. The molecule has 1 saturated heterocycles. The Kier molecular flexibility index (Phi) is 6.18. The zero-order valence-electron chi connectivity index (χ0n) is 16.0. The molecule has 0 spiro atoms. The molecule has 1 aromatic heterocycles. The van der Waals surface area contributed by atoms with Gasteiger partial charge in [0.1, 0.15) is 0 Å². The van der Waals surface area contributed by atoms with Crippen molar-refractivity contribution >= 4 is 26.8 Å². The molecule has 0 unspecified atom stereocenters. The van der Waals surface area contributed by atoms with E-state index >= 15 is 0 Å². The van der Waals surface area contributed by atoms with Crippen molar-refractivity contribution in [1.29, 1.82) is 0 Å². The molecule has 3 rings (SSSR count). The molecule has 0 saturated carbocycles. The lowest BCUT2D eigenvalue weighted by Gasteiger charge is -2.35. The lowest BCUT2D eigenvalue weighted by Crippen LogP contribution is -2.51. The van der Waals surface area contributed by atoms with Gasteiger partial charge in [0.2, 0.25) is 15.9 Å². The average Bonchev–Trinajstić information content (AvgIpc) is 3.07. The highest BCUT2D eigenvalue weighted by atomic mass is 32.2. The molecule has 1 aliphatic rings. The average molecular weight is 393 g/mol. The SMILES string of the molecule is CCN1CCN(C(=O)CN(CCc2c[nH]c3ccccc23)S(C)(=O)=O)CC1. The molecule has 8 heteroatoms. The smallest absolute Gasteiger partial charge is 0.237 e. The minimum atomic E-state index is -3.46. The number of fused-ring (bicyclic) bond motifs is 1. The van der Waals surface area contributed by atoms with Gasteiger partial charge in [-0.2, -0.15) is 4.31 Å². The molecule has 0 bridgehead atoms. The Morgan fingerprint density at radius 3 is 2.56 bits per heavy atom. The standard InChI is InChI=1S/C19H28N4O3S/c1-3-21-10-12-22(13-11-21)19(24)15-23(27(2,25)26)9-8-16-14-20-18-7-5-4-6-17(16)18/h4-7,14,20H,3,8-13,15H2,1-2H3. The number of nitrogens with one attached hydrogen (secondary N) is 1. The Hall–Kier alpha value is -1.90. The van der Waals surface area contributed by atoms with Crippen LogP contribution in [-0.4, -0.2) is 85.5 Å². The predicted octanol–water partition coefficient (Wildman–Crippen LogP) is 1.14. The van der Waals surface area contributed by atoms with Gasteiger partial charge in [-0.05, 0) is 24.6 Å². The Morgan fingerprint density at radius 2 is 1.89 bits per heavy atom. The number of hydrogen-bond donors (Lipinski definition) is 1. The Balaban J connectivity index is 1.63. The van der Waals surface area contributed by atoms with E-state index in [1.807, 2.05) is 30.5 Å². The largest absolute Gasteiger partial charge is 0.361 e. The van der Waals surface area contributed by atoms with Crippen molar-refractivity contribution in [3.63, 3.8) is 0 Å². The first-order valence-electron chi connectivity index (χ1n) is 9.38. The second-order valence-electron chi connectivity index (χ2n) is 7.02. The summed E-state index contributed by atoms with van der Waals surface area (Å²) in [6, 6.07) is 7.94. The van der Waals surface area contributed by atoms with Gasteiger partial charge in [-0.15, -0.1) is 0 Å². The highest BCUT2D eigenvalue weighted by Crippen LogP contribution is 2.18. The molecule has 1 aromatic carbocycles. The molecule has 148 valence electrons. The number of sulfonamides is 1. The molecule has 7 nitrogen and oxygen atoms in total. The van der Waals surface area contributed by atoms with Gasteiger partial charge in [0.25, 0.3) is 0 Å². The molecule has 0 aliphatic carbocycles. The van der Waals surface area contributed by atoms with Crippen LogP contribution in [0.2, 0.25) is 0 Å². The number of piperazine rings is 1. The zero-order chi connectivity index (χ0) is 19.4. The monoisotopic (exact) mass is 392 g/mol. The first kappa shape index (κ1) is 19.9. The zero-order valence-corrected chi connectivity index (χ0v) is 16.8. The van der Waals surface area contributed by atoms with E-state index in [0.717, 1.165) is 36.1 Å². The molecule has 0 radical (unpaired) electrons. The summed E-state index contributed by atoms with van der Waals surface area (Å²) in [5.41, 5.74) is 2.09. The van der Waals surface area contributed by atoms with Crippen LogP contribution in [0.3, 0.4) is 0 Å². The number of benzene rings is 1. The van der Waals surface area contributed by atoms with Gasteiger partial charge in [-0.1, -0.05) is 25.1 Å². The highest BCUT2D eigenvalue weighted by Gasteiger charge is 2.25. The third kappa shape index (κ3) is 4.88. The number of aromatic amines is 1. The number of likely N-dealkylation sites (N-methyl/N-ethyl adjacent to an activating group) is 1. The Labute approximate surface area is 161 Å². The van der Waals surface area contributed by atoms with Crippen molar-refractivity contribution in [2.24, 2.45) is 0 Å². The van der Waals surface area contributed by atoms with E-state index in [4.69, 9.17) is 0 Å². The Morgan fingerprint density at radius 1 is 1.19 bits per heavy atom. The second kappa shape index (κ2) is 8.41. The molecule has 1 amide bonds. The number of hydrogen-bond acceptors (Lipinski definition) is 4. The molecule has 2 aromatic rings. The van der Waals surface area contributed by atoms with Gasteiger partial charge in [0.15, 0.2) is 0 Å². The number of amides is 1. The molecule has 27 heavy (non-hydrogen) atoms. The van der Waals surface area contributed by atoms with Gasteiger partial charge >= 0.3 is 0 Å². The number of aromatic nitrogens is 1. The van der Waals surface area contributed by atoms with Crippen LogP contribution in [0, 0.1) is 0 Å². The first-order valence-corrected chi connectivity index (χ1v) is 11.2. The van der Waals surface area contributed by atoms with E-state index in [0.29, 0.717) is 26.1 Å². The van der Waals surface area contributed by atoms with Gasteiger partial charge in [0.05, 0.1) is 12.8 Å². The van der Waals surface area contributed by atoms with Crippen molar-refractivity contribution in [1.82, 2.24) is 19.1 Å². The summed E-state index contributed by atoms with van der Waals surface area (Å²) in [4.78, 5) is 19.9. The molecule has 0 atom stereocenters. The third-order valence-corrected chi connectivity index (χ3v) is 6.51. The molecular formula is C19H28N4O3S. The molecule has 1 N–H and O–H groups in total. The number of carbonyl (C=O) groups excluding carboxylic acids is 1. The van der Waals surface area contributed by atoms with E-state index in [-0.39, 0.29) is 12.5 Å². The van der Waals surface area contributed by atoms with Crippen molar-refractivity contribution < 1.29 is 13.2 Å². The minimum Gasteiger partial charge on any atom is -0.361 e. The third-order valence-electron chi connectivity index (χ3n) is 5.26. The van der Waals surface area contributed by atoms with Crippen LogP contribution < -0.4 is 0 Å². The number of nitrogens with zero attached hydrogens (tertiary/aromatic N) is 3. The quantitative estimate of drug-likeness (QED) is 0.767. The fourth-order valence-corrected chi connectivity index (χ4v) is 4.28. The summed E-state index contributed by atoms with van der Waals surface area (Å²) in [5, 5.41) is 1.09. The van der Waals surface area contributed by atoms with Gasteiger partial charge in [0, 0.05) is 49.8 Å². The number of carbonyl (C=O) groups is 1. The minimum absolute atomic E-state index is 0.0900. The van der Waals surface area contributed by atoms with Crippen molar-refractivity contribution in [2.45, 2.75) is 13.3 Å². The summed E-state index contributed by atoms with van der Waals surface area (Å²) in [5.74, 6) is -0.116. The van der Waals surface area contributed by atoms with Crippen LogP contribution in [0.4, 0.5) is 0 Å². The Bertz CT molecular complexity index is 885. The number of rotatable bonds is 7. The van der Waals surface area contributed by atoms with Crippen LogP contribution in [0.15, 0.2) is 30.5 Å². The van der Waals surface area contributed by atoms with Gasteiger partial charge in [-0.3, -0.25) is 4.79 Å². The van der Waals surface area contributed by atoms with E-state index in [9.17, 15) is 13.2 Å². The summed E-state index contributed by atoms with van der Waals surface area (Å²) in [6.07, 6.45) is 3.65. The highest BCUT2D eigenvalue weighted by molar-refractivity contribution is 7.88. The lowest BCUT2D eigenvalue weighted by molar-refractivity contribution is -0.133. The van der Waals surface area contributed by atoms with E-state index in [1.165, 1.54) is 10.6 Å². The molecule has 2 heterocycles. The maximum atomic E-state index is 12.6. The number of H-pyrrole nitrogens is 1. The summed E-state index contributed by atoms with van der Waals surface area (Å²) in [6.45, 7) is 6.29. The summed E-state index contributed by atoms with van der Waals surface area (Å²) >= 11 is 0. The van der Waals surface area contributed by atoms with Crippen molar-refractivity contribution in [3.05, 3.63) is 36.0 Å². The summed E-state index contributed by atoms with van der Waals surface area (Å²) in [7, 11) is -3.46. The summed E-state index contributed by atoms with van der Waals surface area (Å²) < 4.78 is 25.7. The first-order chi connectivity index (χ1) is 12.9. The lowest BCUT2D eigenvalue weighted by atomic mass is 10.1. The van der Waals surface area contributed by atoms with E-state index in [1.54, 1.807) is 4.90 Å².